The van der Waals surface area contributed by atoms with E-state index < -0.39 is 0 Å². The number of hydrogen-bond acceptors (Lipinski definition) is 4. The van der Waals surface area contributed by atoms with Crippen LogP contribution in [0.1, 0.15) is 58.7 Å². The van der Waals surface area contributed by atoms with E-state index in [4.69, 9.17) is 4.74 Å². The van der Waals surface area contributed by atoms with Crippen LogP contribution in [0.3, 0.4) is 0 Å². The van der Waals surface area contributed by atoms with Gasteiger partial charge >= 0.3 is 0 Å². The third kappa shape index (κ3) is 5.90. The smallest absolute Gasteiger partial charge is 0.218 e. The highest BCUT2D eigenvalue weighted by Gasteiger charge is 2.08. The van der Waals surface area contributed by atoms with Crippen molar-refractivity contribution in [1.29, 1.82) is 0 Å². The number of rotatable bonds is 9. The molecule has 1 aromatic rings. The Morgan fingerprint density at radius 3 is 2.63 bits per heavy atom. The molecule has 0 saturated carbocycles. The van der Waals surface area contributed by atoms with Crippen molar-refractivity contribution in [2.45, 2.75) is 65.4 Å². The van der Waals surface area contributed by atoms with Crippen LogP contribution in [0.25, 0.3) is 0 Å². The summed E-state index contributed by atoms with van der Waals surface area (Å²) >= 11 is 0. The van der Waals surface area contributed by atoms with Crippen LogP contribution < -0.4 is 10.1 Å². The molecule has 0 saturated heterocycles. The van der Waals surface area contributed by atoms with Crippen molar-refractivity contribution >= 4 is 5.82 Å². The molecule has 108 valence electrons. The summed E-state index contributed by atoms with van der Waals surface area (Å²) in [4.78, 5) is 8.77. The van der Waals surface area contributed by atoms with Crippen molar-refractivity contribution in [2.75, 3.05) is 12.4 Å². The van der Waals surface area contributed by atoms with Gasteiger partial charge < -0.3 is 10.1 Å². The first-order chi connectivity index (χ1) is 9.19. The summed E-state index contributed by atoms with van der Waals surface area (Å²) in [6, 6.07) is 1.86. The monoisotopic (exact) mass is 265 g/mol. The molecular weight excluding hydrogens is 238 g/mol. The number of aromatic nitrogens is 2. The SMILES string of the molecule is CCCCCCC(C)Oc1cc(NC)nc(CC)n1. The highest BCUT2D eigenvalue weighted by Crippen LogP contribution is 2.17. The number of aryl methyl sites for hydroxylation is 1. The van der Waals surface area contributed by atoms with E-state index in [1.54, 1.807) is 0 Å². The second-order valence-corrected chi connectivity index (χ2v) is 4.89. The zero-order valence-electron chi connectivity index (χ0n) is 12.7. The molecule has 0 spiro atoms. The molecule has 4 nitrogen and oxygen atoms in total. The number of nitrogens with zero attached hydrogens (tertiary/aromatic N) is 2. The van der Waals surface area contributed by atoms with E-state index in [1.165, 1.54) is 25.7 Å². The zero-order chi connectivity index (χ0) is 14.1. The largest absolute Gasteiger partial charge is 0.475 e. The third-order valence-electron chi connectivity index (χ3n) is 3.11. The van der Waals surface area contributed by atoms with Gasteiger partial charge in [-0.05, 0) is 19.8 Å². The molecule has 1 unspecified atom stereocenters. The van der Waals surface area contributed by atoms with E-state index in [1.807, 2.05) is 20.0 Å². The molecule has 0 aliphatic rings. The van der Waals surface area contributed by atoms with Crippen molar-refractivity contribution in [2.24, 2.45) is 0 Å². The molecule has 0 aromatic carbocycles. The lowest BCUT2D eigenvalue weighted by atomic mass is 10.1. The van der Waals surface area contributed by atoms with Gasteiger partial charge in [0.25, 0.3) is 0 Å². The fraction of sp³-hybridized carbons (Fsp3) is 0.733. The van der Waals surface area contributed by atoms with Crippen LogP contribution in [0, 0.1) is 0 Å². The topological polar surface area (TPSA) is 47.0 Å². The van der Waals surface area contributed by atoms with E-state index in [-0.39, 0.29) is 6.10 Å². The van der Waals surface area contributed by atoms with E-state index >= 15 is 0 Å². The van der Waals surface area contributed by atoms with Crippen LogP contribution in [-0.4, -0.2) is 23.1 Å². The molecule has 1 aromatic heterocycles. The molecule has 0 radical (unpaired) electrons. The molecule has 1 atom stereocenters. The van der Waals surface area contributed by atoms with Crippen LogP contribution >= 0.6 is 0 Å². The summed E-state index contributed by atoms with van der Waals surface area (Å²) < 4.78 is 5.89. The van der Waals surface area contributed by atoms with Crippen molar-refractivity contribution in [1.82, 2.24) is 9.97 Å². The van der Waals surface area contributed by atoms with Gasteiger partial charge in [0, 0.05) is 19.5 Å². The molecule has 0 fully saturated rings. The van der Waals surface area contributed by atoms with Crippen molar-refractivity contribution in [3.8, 4) is 5.88 Å². The van der Waals surface area contributed by atoms with Gasteiger partial charge in [0.15, 0.2) is 0 Å². The molecule has 0 aliphatic carbocycles. The van der Waals surface area contributed by atoms with Crippen molar-refractivity contribution in [3.05, 3.63) is 11.9 Å². The van der Waals surface area contributed by atoms with Gasteiger partial charge in [-0.2, -0.15) is 4.98 Å². The average Bonchev–Trinajstić information content (AvgIpc) is 2.43. The summed E-state index contributed by atoms with van der Waals surface area (Å²) in [5.74, 6) is 2.32. The molecule has 1 rings (SSSR count). The number of anilines is 1. The Hall–Kier alpha value is -1.32. The molecule has 1 N–H and O–H groups in total. The maximum absolute atomic E-state index is 5.89. The van der Waals surface area contributed by atoms with Gasteiger partial charge in [-0.25, -0.2) is 4.98 Å². The Bertz CT molecular complexity index is 346. The van der Waals surface area contributed by atoms with Gasteiger partial charge in [-0.3, -0.25) is 0 Å². The molecule has 0 amide bonds. The van der Waals surface area contributed by atoms with E-state index in [0.29, 0.717) is 5.88 Å². The minimum atomic E-state index is 0.209. The van der Waals surface area contributed by atoms with Gasteiger partial charge in [0.2, 0.25) is 5.88 Å². The van der Waals surface area contributed by atoms with Gasteiger partial charge in [0.05, 0.1) is 6.10 Å². The normalized spacial score (nSPS) is 12.2. The lowest BCUT2D eigenvalue weighted by Gasteiger charge is -2.15. The fourth-order valence-electron chi connectivity index (χ4n) is 1.94. The first-order valence-corrected chi connectivity index (χ1v) is 7.41. The predicted molar refractivity (Wildman–Crippen MR) is 79.8 cm³/mol. The van der Waals surface area contributed by atoms with Crippen molar-refractivity contribution < 1.29 is 4.74 Å². The molecule has 0 aliphatic heterocycles. The number of unbranched alkanes of at least 4 members (excludes halogenated alkanes) is 3. The molecule has 1 heterocycles. The van der Waals surface area contributed by atoms with Crippen LogP contribution in [0.2, 0.25) is 0 Å². The first kappa shape index (κ1) is 15.7. The Morgan fingerprint density at radius 2 is 2.00 bits per heavy atom. The van der Waals surface area contributed by atoms with Crippen LogP contribution in [0.4, 0.5) is 5.82 Å². The van der Waals surface area contributed by atoms with Gasteiger partial charge in [0.1, 0.15) is 11.6 Å². The quantitative estimate of drug-likeness (QED) is 0.690. The average molecular weight is 265 g/mol. The summed E-state index contributed by atoms with van der Waals surface area (Å²) in [5.41, 5.74) is 0. The third-order valence-corrected chi connectivity index (χ3v) is 3.11. The first-order valence-electron chi connectivity index (χ1n) is 7.41. The van der Waals surface area contributed by atoms with Gasteiger partial charge in [-0.15, -0.1) is 0 Å². The second-order valence-electron chi connectivity index (χ2n) is 4.89. The van der Waals surface area contributed by atoms with Crippen LogP contribution in [0.15, 0.2) is 6.07 Å². The second kappa shape index (κ2) is 8.73. The Kier molecular flexibility index (Phi) is 7.23. The highest BCUT2D eigenvalue weighted by atomic mass is 16.5. The zero-order valence-corrected chi connectivity index (χ0v) is 12.7. The summed E-state index contributed by atoms with van der Waals surface area (Å²) in [6.07, 6.45) is 7.20. The number of nitrogens with one attached hydrogen (secondary N) is 1. The van der Waals surface area contributed by atoms with E-state index in [2.05, 4.69) is 29.1 Å². The number of hydrogen-bond donors (Lipinski definition) is 1. The minimum absolute atomic E-state index is 0.209. The standard InChI is InChI=1S/C15H27N3O/c1-5-7-8-9-10-12(3)19-15-11-14(16-4)17-13(6-2)18-15/h11-12H,5-10H2,1-4H3,(H,16,17,18). The Labute approximate surface area is 117 Å². The van der Waals surface area contributed by atoms with E-state index in [0.717, 1.165) is 24.5 Å². The Balaban J connectivity index is 2.50. The lowest BCUT2D eigenvalue weighted by molar-refractivity contribution is 0.197. The molecule has 4 heteroatoms. The summed E-state index contributed by atoms with van der Waals surface area (Å²) in [6.45, 7) is 6.39. The van der Waals surface area contributed by atoms with Gasteiger partial charge in [-0.1, -0.05) is 33.1 Å². The minimum Gasteiger partial charge on any atom is -0.475 e. The molecule has 0 bridgehead atoms. The van der Waals surface area contributed by atoms with Crippen LogP contribution in [0.5, 0.6) is 5.88 Å². The number of ether oxygens (including phenoxy) is 1. The maximum atomic E-state index is 5.89. The summed E-state index contributed by atoms with van der Waals surface area (Å²) in [7, 11) is 1.86. The predicted octanol–water partition coefficient (Wildman–Crippen LogP) is 3.82. The fourth-order valence-corrected chi connectivity index (χ4v) is 1.94. The maximum Gasteiger partial charge on any atom is 0.218 e. The Morgan fingerprint density at radius 1 is 1.21 bits per heavy atom. The van der Waals surface area contributed by atoms with Crippen molar-refractivity contribution in [3.63, 3.8) is 0 Å². The molecular formula is C15H27N3O. The lowest BCUT2D eigenvalue weighted by Crippen LogP contribution is -2.13. The van der Waals surface area contributed by atoms with Crippen LogP contribution in [-0.2, 0) is 6.42 Å². The van der Waals surface area contributed by atoms with E-state index in [9.17, 15) is 0 Å². The summed E-state index contributed by atoms with van der Waals surface area (Å²) in [5, 5.41) is 3.04. The molecule has 19 heavy (non-hydrogen) atoms. The highest BCUT2D eigenvalue weighted by molar-refractivity contribution is 5.37.